The molecule has 18 heavy (non-hydrogen) atoms. The molecule has 1 aromatic rings. The van der Waals surface area contributed by atoms with Crippen molar-refractivity contribution in [3.05, 3.63) is 12.0 Å². The summed E-state index contributed by atoms with van der Waals surface area (Å²) in [7, 11) is -1.83. The van der Waals surface area contributed by atoms with Gasteiger partial charge in [-0.3, -0.25) is 0 Å². The Morgan fingerprint density at radius 1 is 1.50 bits per heavy atom. The van der Waals surface area contributed by atoms with Crippen LogP contribution in [0.3, 0.4) is 0 Å². The Labute approximate surface area is 107 Å². The first-order valence-electron chi connectivity index (χ1n) is 6.06. The van der Waals surface area contributed by atoms with Crippen molar-refractivity contribution in [2.75, 3.05) is 26.8 Å². The van der Waals surface area contributed by atoms with E-state index in [0.29, 0.717) is 18.3 Å². The minimum absolute atomic E-state index is 0.162. The summed E-state index contributed by atoms with van der Waals surface area (Å²) in [6, 6.07) is 0. The summed E-state index contributed by atoms with van der Waals surface area (Å²) in [4.78, 5) is 6.70. The second-order valence-electron chi connectivity index (χ2n) is 4.67. The average Bonchev–Trinajstić information content (AvgIpc) is 2.78. The third kappa shape index (κ3) is 2.90. The standard InChI is InChI=1S/C11H19N3O3S/c1-9-12-7-11(13-9)18(15,16)14(2)8-10-3-5-17-6-4-10/h7,10H,3-6,8H2,1-2H3,(H,12,13). The number of aromatic nitrogens is 2. The van der Waals surface area contributed by atoms with E-state index in [2.05, 4.69) is 9.97 Å². The molecule has 2 heterocycles. The summed E-state index contributed by atoms with van der Waals surface area (Å²) >= 11 is 0. The molecule has 0 spiro atoms. The zero-order chi connectivity index (χ0) is 13.2. The van der Waals surface area contributed by atoms with Gasteiger partial charge < -0.3 is 9.72 Å². The van der Waals surface area contributed by atoms with Crippen molar-refractivity contribution in [2.45, 2.75) is 24.8 Å². The maximum absolute atomic E-state index is 12.2. The van der Waals surface area contributed by atoms with Crippen LogP contribution in [0.5, 0.6) is 0 Å². The van der Waals surface area contributed by atoms with Crippen molar-refractivity contribution < 1.29 is 13.2 Å². The topological polar surface area (TPSA) is 75.3 Å². The number of nitrogens with one attached hydrogen (secondary N) is 1. The summed E-state index contributed by atoms with van der Waals surface area (Å²) in [5, 5.41) is 0.162. The summed E-state index contributed by atoms with van der Waals surface area (Å²) in [5.41, 5.74) is 0. The lowest BCUT2D eigenvalue weighted by Crippen LogP contribution is -2.34. The van der Waals surface area contributed by atoms with Crippen molar-refractivity contribution in [3.63, 3.8) is 0 Å². The van der Waals surface area contributed by atoms with Crippen LogP contribution in [0.25, 0.3) is 0 Å². The predicted octanol–water partition coefficient (Wildman–Crippen LogP) is 0.765. The van der Waals surface area contributed by atoms with E-state index in [1.807, 2.05) is 0 Å². The lowest BCUT2D eigenvalue weighted by Gasteiger charge is -2.26. The normalized spacial score (nSPS) is 18.4. The number of hydrogen-bond acceptors (Lipinski definition) is 4. The predicted molar refractivity (Wildman–Crippen MR) is 66.7 cm³/mol. The minimum atomic E-state index is -3.44. The molecule has 0 aliphatic carbocycles. The summed E-state index contributed by atoms with van der Waals surface area (Å²) in [5.74, 6) is 0.982. The fraction of sp³-hybridized carbons (Fsp3) is 0.727. The van der Waals surface area contributed by atoms with Crippen LogP contribution in [0.4, 0.5) is 0 Å². The SMILES string of the molecule is Cc1ncc(S(=O)(=O)N(C)CC2CCOCC2)[nH]1. The Bertz CT molecular complexity index is 491. The quantitative estimate of drug-likeness (QED) is 0.879. The molecule has 1 aromatic heterocycles. The number of nitrogens with zero attached hydrogens (tertiary/aromatic N) is 2. The van der Waals surface area contributed by atoms with Gasteiger partial charge in [-0.25, -0.2) is 13.4 Å². The first kappa shape index (κ1) is 13.5. The maximum atomic E-state index is 12.2. The van der Waals surface area contributed by atoms with Crippen LogP contribution in [-0.2, 0) is 14.8 Å². The highest BCUT2D eigenvalue weighted by Gasteiger charge is 2.26. The third-order valence-electron chi connectivity index (χ3n) is 3.22. The highest BCUT2D eigenvalue weighted by atomic mass is 32.2. The van der Waals surface area contributed by atoms with Crippen molar-refractivity contribution in [3.8, 4) is 0 Å². The van der Waals surface area contributed by atoms with Crippen molar-refractivity contribution in [1.29, 1.82) is 0 Å². The second-order valence-corrected chi connectivity index (χ2v) is 6.69. The molecular formula is C11H19N3O3S. The van der Waals surface area contributed by atoms with Crippen LogP contribution in [-0.4, -0.2) is 49.5 Å². The smallest absolute Gasteiger partial charge is 0.259 e. The Morgan fingerprint density at radius 3 is 2.72 bits per heavy atom. The fourth-order valence-electron chi connectivity index (χ4n) is 2.09. The Kier molecular flexibility index (Phi) is 4.04. The van der Waals surface area contributed by atoms with Crippen molar-refractivity contribution >= 4 is 10.0 Å². The third-order valence-corrected chi connectivity index (χ3v) is 4.96. The molecule has 0 unspecified atom stereocenters. The number of sulfonamides is 1. The molecule has 0 amide bonds. The van der Waals surface area contributed by atoms with Gasteiger partial charge in [0.25, 0.3) is 10.0 Å². The van der Waals surface area contributed by atoms with E-state index in [1.54, 1.807) is 14.0 Å². The van der Waals surface area contributed by atoms with E-state index in [4.69, 9.17) is 4.74 Å². The van der Waals surface area contributed by atoms with Gasteiger partial charge in [0.2, 0.25) is 0 Å². The molecule has 0 radical (unpaired) electrons. The average molecular weight is 273 g/mol. The van der Waals surface area contributed by atoms with E-state index in [-0.39, 0.29) is 5.03 Å². The lowest BCUT2D eigenvalue weighted by atomic mass is 10.0. The minimum Gasteiger partial charge on any atom is -0.381 e. The number of rotatable bonds is 4. The van der Waals surface area contributed by atoms with Gasteiger partial charge in [0.05, 0.1) is 6.20 Å². The van der Waals surface area contributed by atoms with Gasteiger partial charge in [0, 0.05) is 26.8 Å². The second kappa shape index (κ2) is 5.38. The Balaban J connectivity index is 2.05. The van der Waals surface area contributed by atoms with Crippen LogP contribution >= 0.6 is 0 Å². The van der Waals surface area contributed by atoms with Gasteiger partial charge in [-0.05, 0) is 25.7 Å². The molecule has 0 saturated carbocycles. The van der Waals surface area contributed by atoms with Crippen LogP contribution in [0, 0.1) is 12.8 Å². The van der Waals surface area contributed by atoms with Crippen LogP contribution in [0.2, 0.25) is 0 Å². The largest absolute Gasteiger partial charge is 0.381 e. The zero-order valence-corrected chi connectivity index (χ0v) is 11.5. The maximum Gasteiger partial charge on any atom is 0.259 e. The molecule has 2 rings (SSSR count). The highest BCUT2D eigenvalue weighted by Crippen LogP contribution is 2.19. The number of hydrogen-bond donors (Lipinski definition) is 1. The number of imidazole rings is 1. The molecule has 1 saturated heterocycles. The number of ether oxygens (including phenoxy) is 1. The summed E-state index contributed by atoms with van der Waals surface area (Å²) in [6.07, 6.45) is 3.20. The van der Waals surface area contributed by atoms with E-state index >= 15 is 0 Å². The molecule has 0 atom stereocenters. The molecule has 1 N–H and O–H groups in total. The van der Waals surface area contributed by atoms with Crippen LogP contribution < -0.4 is 0 Å². The fourth-order valence-corrected chi connectivity index (χ4v) is 3.29. The molecule has 6 nitrogen and oxygen atoms in total. The van der Waals surface area contributed by atoms with Crippen LogP contribution in [0.1, 0.15) is 18.7 Å². The number of aromatic amines is 1. The molecular weight excluding hydrogens is 254 g/mol. The Hall–Kier alpha value is -0.920. The molecule has 1 aliphatic heterocycles. The molecule has 1 fully saturated rings. The monoisotopic (exact) mass is 273 g/mol. The lowest BCUT2D eigenvalue weighted by molar-refractivity contribution is 0.0620. The van der Waals surface area contributed by atoms with Crippen molar-refractivity contribution in [1.82, 2.24) is 14.3 Å². The first-order valence-corrected chi connectivity index (χ1v) is 7.50. The summed E-state index contributed by atoms with van der Waals surface area (Å²) in [6.45, 7) is 3.71. The van der Waals surface area contributed by atoms with Gasteiger partial charge >= 0.3 is 0 Å². The number of H-pyrrole nitrogens is 1. The van der Waals surface area contributed by atoms with E-state index in [1.165, 1.54) is 10.5 Å². The molecule has 1 aliphatic rings. The highest BCUT2D eigenvalue weighted by molar-refractivity contribution is 7.89. The Morgan fingerprint density at radius 2 is 2.17 bits per heavy atom. The van der Waals surface area contributed by atoms with Gasteiger partial charge in [-0.1, -0.05) is 0 Å². The van der Waals surface area contributed by atoms with Gasteiger partial charge in [0.1, 0.15) is 5.82 Å². The van der Waals surface area contributed by atoms with Crippen LogP contribution in [0.15, 0.2) is 11.2 Å². The molecule has 7 heteroatoms. The molecule has 0 aromatic carbocycles. The molecule has 102 valence electrons. The van der Waals surface area contributed by atoms with Crippen molar-refractivity contribution in [2.24, 2.45) is 5.92 Å². The summed E-state index contributed by atoms with van der Waals surface area (Å²) < 4.78 is 31.2. The molecule has 0 bridgehead atoms. The van der Waals surface area contributed by atoms with E-state index in [0.717, 1.165) is 26.1 Å². The van der Waals surface area contributed by atoms with E-state index < -0.39 is 10.0 Å². The van der Waals surface area contributed by atoms with Gasteiger partial charge in [-0.2, -0.15) is 4.31 Å². The van der Waals surface area contributed by atoms with Gasteiger partial charge in [-0.15, -0.1) is 0 Å². The zero-order valence-electron chi connectivity index (χ0n) is 10.7. The van der Waals surface area contributed by atoms with E-state index in [9.17, 15) is 8.42 Å². The van der Waals surface area contributed by atoms with Gasteiger partial charge in [0.15, 0.2) is 5.03 Å². The first-order chi connectivity index (χ1) is 8.50. The number of aryl methyl sites for hydroxylation is 1.